The van der Waals surface area contributed by atoms with Gasteiger partial charge in [0, 0.05) is 18.7 Å². The van der Waals surface area contributed by atoms with E-state index in [-0.39, 0.29) is 12.1 Å². The lowest BCUT2D eigenvalue weighted by Crippen LogP contribution is -2.46. The van der Waals surface area contributed by atoms with Crippen LogP contribution in [0.15, 0.2) is 30.3 Å². The summed E-state index contributed by atoms with van der Waals surface area (Å²) in [6.45, 7) is 6.52. The summed E-state index contributed by atoms with van der Waals surface area (Å²) in [5.41, 5.74) is 2.56. The lowest BCUT2D eigenvalue weighted by Gasteiger charge is -2.26. The van der Waals surface area contributed by atoms with Crippen molar-refractivity contribution in [1.29, 1.82) is 0 Å². The van der Waals surface area contributed by atoms with Gasteiger partial charge in [0.15, 0.2) is 0 Å². The van der Waals surface area contributed by atoms with Gasteiger partial charge in [0.2, 0.25) is 0 Å². The maximum atomic E-state index is 13.2. The highest BCUT2D eigenvalue weighted by molar-refractivity contribution is 5.90. The number of alkyl carbamates (subject to hydrolysis) is 1. The molecule has 0 bridgehead atoms. The Kier molecular flexibility index (Phi) is 5.89. The molecular formula is C23H31N5O3. The van der Waals surface area contributed by atoms with E-state index in [1.165, 1.54) is 0 Å². The first kappa shape index (κ1) is 21.2. The number of ether oxygens (including phenoxy) is 1. The van der Waals surface area contributed by atoms with E-state index in [1.807, 2.05) is 55.8 Å². The Morgan fingerprint density at radius 1 is 1.16 bits per heavy atom. The zero-order valence-electron chi connectivity index (χ0n) is 18.5. The fourth-order valence-electron chi connectivity index (χ4n) is 4.28. The molecule has 3 amide bonds. The Hall–Kier alpha value is -3.03. The number of carbonyl (C=O) groups is 2. The average Bonchev–Trinajstić information content (AvgIpc) is 3.43. The van der Waals surface area contributed by atoms with Crippen LogP contribution in [0.2, 0.25) is 0 Å². The van der Waals surface area contributed by atoms with Crippen molar-refractivity contribution in [3.63, 3.8) is 0 Å². The maximum Gasteiger partial charge on any atom is 0.407 e. The summed E-state index contributed by atoms with van der Waals surface area (Å²) >= 11 is 0. The zero-order valence-corrected chi connectivity index (χ0v) is 18.5. The molecule has 0 radical (unpaired) electrons. The Bertz CT molecular complexity index is 948. The number of urea groups is 1. The van der Waals surface area contributed by atoms with Gasteiger partial charge in [-0.2, -0.15) is 5.10 Å². The average molecular weight is 426 g/mol. The van der Waals surface area contributed by atoms with Crippen molar-refractivity contribution in [2.24, 2.45) is 0 Å². The third-order valence-corrected chi connectivity index (χ3v) is 5.65. The quantitative estimate of drug-likeness (QED) is 0.778. The van der Waals surface area contributed by atoms with Crippen LogP contribution in [-0.4, -0.2) is 51.5 Å². The van der Waals surface area contributed by atoms with Crippen LogP contribution in [0.25, 0.3) is 5.69 Å². The molecule has 8 heteroatoms. The van der Waals surface area contributed by atoms with E-state index in [2.05, 4.69) is 10.6 Å². The Balaban J connectivity index is 1.46. The van der Waals surface area contributed by atoms with Gasteiger partial charge in [-0.05, 0) is 65.0 Å². The van der Waals surface area contributed by atoms with Gasteiger partial charge in [0.1, 0.15) is 11.4 Å². The van der Waals surface area contributed by atoms with Crippen molar-refractivity contribution in [3.05, 3.63) is 41.6 Å². The lowest BCUT2D eigenvalue weighted by atomic mass is 10.2. The number of para-hydroxylation sites is 1. The van der Waals surface area contributed by atoms with Gasteiger partial charge < -0.3 is 15.0 Å². The van der Waals surface area contributed by atoms with Gasteiger partial charge in [-0.25, -0.2) is 14.3 Å². The molecule has 1 aliphatic heterocycles. The van der Waals surface area contributed by atoms with E-state index in [1.54, 1.807) is 4.90 Å². The minimum absolute atomic E-state index is 0.0614. The lowest BCUT2D eigenvalue weighted by molar-refractivity contribution is 0.0516. The number of aryl methyl sites for hydroxylation is 1. The molecule has 1 aliphatic carbocycles. The van der Waals surface area contributed by atoms with E-state index in [0.29, 0.717) is 13.1 Å². The minimum Gasteiger partial charge on any atom is -0.444 e. The first-order chi connectivity index (χ1) is 14.8. The maximum absolute atomic E-state index is 13.2. The van der Waals surface area contributed by atoms with Crippen molar-refractivity contribution in [2.75, 3.05) is 18.4 Å². The molecule has 0 spiro atoms. The van der Waals surface area contributed by atoms with Crippen molar-refractivity contribution in [2.45, 2.75) is 64.5 Å². The number of aromatic nitrogens is 2. The number of carbonyl (C=O) groups excluding carboxylic acids is 2. The summed E-state index contributed by atoms with van der Waals surface area (Å²) in [6, 6.07) is 9.65. The summed E-state index contributed by atoms with van der Waals surface area (Å²) in [4.78, 5) is 27.0. The Labute approximate surface area is 182 Å². The highest BCUT2D eigenvalue weighted by Gasteiger charge is 2.32. The molecule has 8 nitrogen and oxygen atoms in total. The molecule has 2 N–H and O–H groups in total. The normalized spacial score (nSPS) is 18.0. The van der Waals surface area contributed by atoms with E-state index in [0.717, 1.165) is 54.9 Å². The number of hydrogen-bond acceptors (Lipinski definition) is 4. The number of rotatable bonds is 4. The highest BCUT2D eigenvalue weighted by atomic mass is 16.6. The second kappa shape index (κ2) is 8.61. The van der Waals surface area contributed by atoms with Crippen molar-refractivity contribution >= 4 is 17.9 Å². The number of benzene rings is 1. The van der Waals surface area contributed by atoms with E-state index >= 15 is 0 Å². The molecule has 2 aromatic rings. The van der Waals surface area contributed by atoms with Crippen LogP contribution in [0.3, 0.4) is 0 Å². The van der Waals surface area contributed by atoms with Gasteiger partial charge in [0.25, 0.3) is 0 Å². The molecule has 2 aliphatic rings. The topological polar surface area (TPSA) is 88.5 Å². The third-order valence-electron chi connectivity index (χ3n) is 5.65. The fraction of sp³-hybridized carbons (Fsp3) is 0.522. The minimum atomic E-state index is -0.549. The first-order valence-electron chi connectivity index (χ1n) is 11.0. The number of nitrogens with one attached hydrogen (secondary N) is 2. The van der Waals surface area contributed by atoms with Crippen LogP contribution < -0.4 is 10.6 Å². The molecule has 1 aromatic carbocycles. The fourth-order valence-corrected chi connectivity index (χ4v) is 4.28. The largest absolute Gasteiger partial charge is 0.444 e. The van der Waals surface area contributed by atoms with Gasteiger partial charge in [-0.1, -0.05) is 18.2 Å². The van der Waals surface area contributed by atoms with Crippen molar-refractivity contribution in [3.8, 4) is 5.69 Å². The summed E-state index contributed by atoms with van der Waals surface area (Å²) in [7, 11) is 0. The second-order valence-corrected chi connectivity index (χ2v) is 9.18. The highest BCUT2D eigenvalue weighted by Crippen LogP contribution is 2.31. The summed E-state index contributed by atoms with van der Waals surface area (Å²) in [5, 5.41) is 10.7. The van der Waals surface area contributed by atoms with Gasteiger partial charge >= 0.3 is 12.1 Å². The predicted molar refractivity (Wildman–Crippen MR) is 119 cm³/mol. The Morgan fingerprint density at radius 2 is 1.94 bits per heavy atom. The SMILES string of the molecule is CC(C)(C)OC(=O)NCC1CCCN1C(=O)Nc1c2c(nn1-c1ccccc1)CCC2. The number of likely N-dealkylation sites (tertiary alicyclic amines) is 1. The van der Waals surface area contributed by atoms with Crippen LogP contribution in [0.1, 0.15) is 51.3 Å². The first-order valence-corrected chi connectivity index (χ1v) is 11.0. The number of amides is 3. The molecule has 1 unspecified atom stereocenters. The summed E-state index contributed by atoms with van der Waals surface area (Å²) in [5.74, 6) is 0.759. The Morgan fingerprint density at radius 3 is 2.68 bits per heavy atom. The van der Waals surface area contributed by atoms with Crippen molar-refractivity contribution in [1.82, 2.24) is 20.0 Å². The van der Waals surface area contributed by atoms with Gasteiger partial charge in [-0.15, -0.1) is 0 Å². The van der Waals surface area contributed by atoms with Crippen LogP contribution in [0.5, 0.6) is 0 Å². The molecule has 31 heavy (non-hydrogen) atoms. The van der Waals surface area contributed by atoms with Gasteiger partial charge in [-0.3, -0.25) is 5.32 Å². The molecule has 1 aromatic heterocycles. The molecule has 166 valence electrons. The predicted octanol–water partition coefficient (Wildman–Crippen LogP) is 3.88. The van der Waals surface area contributed by atoms with Gasteiger partial charge in [0.05, 0.1) is 17.4 Å². The number of nitrogens with zero attached hydrogens (tertiary/aromatic N) is 3. The molecule has 1 fully saturated rings. The van der Waals surface area contributed by atoms with Crippen LogP contribution in [-0.2, 0) is 17.6 Å². The molecule has 1 atom stereocenters. The number of fused-ring (bicyclic) bond motifs is 1. The molecule has 1 saturated heterocycles. The van der Waals surface area contributed by atoms with Crippen LogP contribution in [0.4, 0.5) is 15.4 Å². The number of anilines is 1. The third kappa shape index (κ3) is 4.84. The van der Waals surface area contributed by atoms with Crippen molar-refractivity contribution < 1.29 is 14.3 Å². The van der Waals surface area contributed by atoms with E-state index in [4.69, 9.17) is 9.84 Å². The molecular weight excluding hydrogens is 394 g/mol. The standard InChI is InChI=1S/C23H31N5O3/c1-23(2,3)31-22(30)24-15-17-11-8-14-27(17)21(29)25-20-18-12-7-13-19(18)26-28(20)16-9-5-4-6-10-16/h4-6,9-10,17H,7-8,11-15H2,1-3H3,(H,24,30)(H,25,29). The second-order valence-electron chi connectivity index (χ2n) is 9.18. The zero-order chi connectivity index (χ0) is 22.0. The number of hydrogen-bond donors (Lipinski definition) is 2. The van der Waals surface area contributed by atoms with E-state index < -0.39 is 11.7 Å². The smallest absolute Gasteiger partial charge is 0.407 e. The molecule has 4 rings (SSSR count). The monoisotopic (exact) mass is 425 g/mol. The van der Waals surface area contributed by atoms with E-state index in [9.17, 15) is 9.59 Å². The summed E-state index contributed by atoms with van der Waals surface area (Å²) < 4.78 is 7.15. The molecule has 2 heterocycles. The van der Waals surface area contributed by atoms with Crippen LogP contribution >= 0.6 is 0 Å². The molecule has 0 saturated carbocycles. The van der Waals surface area contributed by atoms with Crippen LogP contribution in [0, 0.1) is 0 Å². The summed E-state index contributed by atoms with van der Waals surface area (Å²) in [6.07, 6.45) is 4.21.